The van der Waals surface area contributed by atoms with Crippen LogP contribution in [0.1, 0.15) is 0 Å². The highest BCUT2D eigenvalue weighted by Crippen LogP contribution is 2.41. The topological polar surface area (TPSA) is 30.7 Å². The van der Waals surface area contributed by atoms with Crippen LogP contribution in [0.3, 0.4) is 0 Å². The lowest BCUT2D eigenvalue weighted by Crippen LogP contribution is -2.03. The molecule has 0 radical (unpaired) electrons. The lowest BCUT2D eigenvalue weighted by atomic mass is 9.91. The van der Waals surface area contributed by atoms with Crippen molar-refractivity contribution in [3.63, 3.8) is 0 Å². The van der Waals surface area contributed by atoms with E-state index in [-0.39, 0.29) is 0 Å². The van der Waals surface area contributed by atoms with Gasteiger partial charge in [0.05, 0.1) is 16.7 Å². The molecule has 0 aliphatic carbocycles. The quantitative estimate of drug-likeness (QED) is 0.150. The first-order valence-corrected chi connectivity index (χ1v) is 22.9. The van der Waals surface area contributed by atoms with Crippen LogP contribution in [-0.4, -0.2) is 14.5 Å². The van der Waals surface area contributed by atoms with E-state index in [1.165, 1.54) is 70.9 Å². The summed E-state index contributed by atoms with van der Waals surface area (Å²) >= 11 is 0. The summed E-state index contributed by atoms with van der Waals surface area (Å²) in [5, 5.41) is 10.0. The number of hydrogen-bond donors (Lipinski definition) is 0. The smallest absolute Gasteiger partial charge is 0.162 e. The van der Waals surface area contributed by atoms with Gasteiger partial charge in [-0.2, -0.15) is 0 Å². The second kappa shape index (κ2) is 16.0. The summed E-state index contributed by atoms with van der Waals surface area (Å²) in [6.45, 7) is 0. The highest BCUT2D eigenvalue weighted by molar-refractivity contribution is 6.25. The average Bonchev–Trinajstić information content (AvgIpc) is 3.76. The minimum absolute atomic E-state index is 0.679. The molecule has 13 aromatic rings. The number of aromatic nitrogens is 3. The standard InChI is InChI=1S/C64H41N3/c1-3-16-42(17-4-1)43-32-34-44(35-33-43)60-41-62(66-64(65-60)45-18-5-2-6-19-45)67-61-31-12-11-28-57(61)58-30-15-29-51(63(58)67)50-23-14-22-48(39-50)46-20-13-21-47(38-46)49-36-37-56-54-26-8-7-24-52(54)53-25-9-10-27-55(53)59(56)40-49/h1-41H. The first kappa shape index (κ1) is 38.5. The number of para-hydroxylation sites is 2. The van der Waals surface area contributed by atoms with Crippen molar-refractivity contribution in [2.24, 2.45) is 0 Å². The van der Waals surface area contributed by atoms with Crippen LogP contribution in [0.4, 0.5) is 0 Å². The summed E-state index contributed by atoms with van der Waals surface area (Å²) < 4.78 is 2.34. The van der Waals surface area contributed by atoms with Gasteiger partial charge in [0.2, 0.25) is 0 Å². The van der Waals surface area contributed by atoms with Crippen LogP contribution in [0.15, 0.2) is 249 Å². The third-order valence-electron chi connectivity index (χ3n) is 13.4. The number of fused-ring (bicyclic) bond motifs is 9. The van der Waals surface area contributed by atoms with Crippen molar-refractivity contribution >= 4 is 54.1 Å². The Morgan fingerprint density at radius 1 is 0.254 bits per heavy atom. The van der Waals surface area contributed by atoms with Gasteiger partial charge in [-0.15, -0.1) is 0 Å². The Morgan fingerprint density at radius 2 is 0.701 bits per heavy atom. The van der Waals surface area contributed by atoms with E-state index < -0.39 is 0 Å². The largest absolute Gasteiger partial charge is 0.293 e. The van der Waals surface area contributed by atoms with Crippen molar-refractivity contribution in [2.45, 2.75) is 0 Å². The SMILES string of the molecule is c1ccc(-c2ccc(-c3cc(-n4c5ccccc5c5cccc(-c6cccc(-c7cccc(-c8ccc9c%10ccccc%10c%10ccccc%10c9c8)c7)c6)c54)nc(-c4ccccc4)n3)cc2)cc1. The lowest BCUT2D eigenvalue weighted by molar-refractivity contribution is 1.05. The fraction of sp³-hybridized carbons (Fsp3) is 0. The molecule has 0 aliphatic rings. The first-order valence-electron chi connectivity index (χ1n) is 22.9. The lowest BCUT2D eigenvalue weighted by Gasteiger charge is -2.15. The van der Waals surface area contributed by atoms with Gasteiger partial charge in [0.1, 0.15) is 5.82 Å². The summed E-state index contributed by atoms with van der Waals surface area (Å²) in [4.78, 5) is 10.6. The summed E-state index contributed by atoms with van der Waals surface area (Å²) in [6.07, 6.45) is 0. The Kier molecular flexibility index (Phi) is 9.17. The zero-order valence-corrected chi connectivity index (χ0v) is 36.5. The molecule has 0 amide bonds. The normalized spacial score (nSPS) is 11.6. The molecule has 0 unspecified atom stereocenters. The van der Waals surface area contributed by atoms with E-state index in [9.17, 15) is 0 Å². The molecule has 3 heteroatoms. The Hall–Kier alpha value is -8.92. The maximum Gasteiger partial charge on any atom is 0.162 e. The average molecular weight is 852 g/mol. The summed E-state index contributed by atoms with van der Waals surface area (Å²) in [5.74, 6) is 1.49. The van der Waals surface area contributed by atoms with Crippen LogP contribution in [0.2, 0.25) is 0 Å². The summed E-state index contributed by atoms with van der Waals surface area (Å²) in [7, 11) is 0. The molecule has 2 aromatic heterocycles. The third-order valence-corrected chi connectivity index (χ3v) is 13.4. The second-order valence-corrected chi connectivity index (χ2v) is 17.3. The number of rotatable bonds is 7. The minimum Gasteiger partial charge on any atom is -0.293 e. The summed E-state index contributed by atoms with van der Waals surface area (Å²) in [6, 6.07) is 89.5. The maximum atomic E-state index is 5.38. The minimum atomic E-state index is 0.679. The molecule has 67 heavy (non-hydrogen) atoms. The molecule has 0 N–H and O–H groups in total. The maximum absolute atomic E-state index is 5.38. The predicted molar refractivity (Wildman–Crippen MR) is 282 cm³/mol. The van der Waals surface area contributed by atoms with Gasteiger partial charge in [-0.05, 0) is 95.5 Å². The van der Waals surface area contributed by atoms with E-state index in [2.05, 4.69) is 235 Å². The molecule has 2 heterocycles. The molecule has 312 valence electrons. The van der Waals surface area contributed by atoms with E-state index in [0.29, 0.717) is 5.82 Å². The van der Waals surface area contributed by atoms with Crippen LogP contribution >= 0.6 is 0 Å². The molecular weight excluding hydrogens is 811 g/mol. The fourth-order valence-electron chi connectivity index (χ4n) is 10.2. The highest BCUT2D eigenvalue weighted by atomic mass is 15.1. The van der Waals surface area contributed by atoms with Crippen molar-refractivity contribution in [1.29, 1.82) is 0 Å². The molecule has 0 fully saturated rings. The molecule has 0 saturated carbocycles. The van der Waals surface area contributed by atoms with E-state index in [0.717, 1.165) is 50.4 Å². The van der Waals surface area contributed by atoms with Crippen molar-refractivity contribution in [3.8, 4) is 73.0 Å². The molecule has 0 bridgehead atoms. The molecule has 0 aliphatic heterocycles. The number of benzene rings is 11. The van der Waals surface area contributed by atoms with Crippen molar-refractivity contribution in [1.82, 2.24) is 14.5 Å². The van der Waals surface area contributed by atoms with Gasteiger partial charge in [0.15, 0.2) is 5.82 Å². The number of hydrogen-bond acceptors (Lipinski definition) is 2. The molecular formula is C64H41N3. The molecule has 3 nitrogen and oxygen atoms in total. The molecule has 0 saturated heterocycles. The van der Waals surface area contributed by atoms with Crippen LogP contribution < -0.4 is 0 Å². The third kappa shape index (κ3) is 6.67. The predicted octanol–water partition coefficient (Wildman–Crippen LogP) is 17.0. The molecule has 11 aromatic carbocycles. The van der Waals surface area contributed by atoms with Crippen molar-refractivity contribution in [3.05, 3.63) is 249 Å². The Bertz CT molecular complexity index is 3980. The molecule has 0 spiro atoms. The zero-order chi connectivity index (χ0) is 44.3. The van der Waals surface area contributed by atoms with Crippen LogP contribution in [0.25, 0.3) is 127 Å². The van der Waals surface area contributed by atoms with Gasteiger partial charge < -0.3 is 0 Å². The van der Waals surface area contributed by atoms with Gasteiger partial charge >= 0.3 is 0 Å². The Balaban J connectivity index is 0.946. The van der Waals surface area contributed by atoms with E-state index in [1.54, 1.807) is 0 Å². The monoisotopic (exact) mass is 851 g/mol. The first-order chi connectivity index (χ1) is 33.2. The van der Waals surface area contributed by atoms with Gasteiger partial charge in [0.25, 0.3) is 0 Å². The van der Waals surface area contributed by atoms with Crippen LogP contribution in [0, 0.1) is 0 Å². The van der Waals surface area contributed by atoms with Gasteiger partial charge in [0, 0.05) is 33.5 Å². The van der Waals surface area contributed by atoms with Crippen molar-refractivity contribution in [2.75, 3.05) is 0 Å². The second-order valence-electron chi connectivity index (χ2n) is 17.3. The Morgan fingerprint density at radius 3 is 1.37 bits per heavy atom. The summed E-state index contributed by atoms with van der Waals surface area (Å²) in [5.41, 5.74) is 14.4. The molecule has 13 rings (SSSR count). The van der Waals surface area contributed by atoms with Gasteiger partial charge in [-0.3, -0.25) is 4.57 Å². The van der Waals surface area contributed by atoms with Gasteiger partial charge in [-0.25, -0.2) is 9.97 Å². The number of nitrogens with zero attached hydrogens (tertiary/aromatic N) is 3. The van der Waals surface area contributed by atoms with E-state index >= 15 is 0 Å². The van der Waals surface area contributed by atoms with Gasteiger partial charge in [-0.1, -0.05) is 218 Å². The van der Waals surface area contributed by atoms with Crippen molar-refractivity contribution < 1.29 is 0 Å². The highest BCUT2D eigenvalue weighted by Gasteiger charge is 2.20. The fourth-order valence-corrected chi connectivity index (χ4v) is 10.2. The molecule has 0 atom stereocenters. The van der Waals surface area contributed by atoms with Crippen LogP contribution in [-0.2, 0) is 0 Å². The zero-order valence-electron chi connectivity index (χ0n) is 36.5. The van der Waals surface area contributed by atoms with E-state index in [4.69, 9.17) is 9.97 Å². The van der Waals surface area contributed by atoms with E-state index in [1.807, 2.05) is 18.2 Å². The van der Waals surface area contributed by atoms with Crippen LogP contribution in [0.5, 0.6) is 0 Å². The Labute approximate surface area is 388 Å².